The number of methoxy groups -OCH3 is 1. The highest BCUT2D eigenvalue weighted by Crippen LogP contribution is 2.30. The summed E-state index contributed by atoms with van der Waals surface area (Å²) in [6, 6.07) is 11.0. The summed E-state index contributed by atoms with van der Waals surface area (Å²) in [5, 5.41) is 14.1. The summed E-state index contributed by atoms with van der Waals surface area (Å²) >= 11 is 3.40. The molecule has 3 rings (SSSR count). The van der Waals surface area contributed by atoms with Crippen molar-refractivity contribution in [3.05, 3.63) is 62.6 Å². The van der Waals surface area contributed by atoms with Crippen LogP contribution in [-0.4, -0.2) is 47.4 Å². The molecule has 0 bridgehead atoms. The van der Waals surface area contributed by atoms with Crippen molar-refractivity contribution in [2.75, 3.05) is 13.7 Å². The van der Waals surface area contributed by atoms with E-state index < -0.39 is 11.0 Å². The standard InChI is InChI=1S/C24H28BrN3O6/c1-16(24(30)26-19-5-3-4-6-19)27(14-17-7-9-18(25)10-8-17)23(29)15-34-20-11-12-21(28(31)32)22(13-20)33-2/h7-13,16,19H,3-6,14-15H2,1-2H3,(H,26,30)/t16-/m1/s1. The number of hydrogen-bond donors (Lipinski definition) is 1. The third-order valence-corrected chi connectivity index (χ3v) is 6.37. The van der Waals surface area contributed by atoms with E-state index in [1.807, 2.05) is 24.3 Å². The maximum Gasteiger partial charge on any atom is 0.311 e. The number of amides is 2. The van der Waals surface area contributed by atoms with E-state index in [0.29, 0.717) is 0 Å². The summed E-state index contributed by atoms with van der Waals surface area (Å²) in [5.74, 6) is -0.294. The molecule has 9 nitrogen and oxygen atoms in total. The van der Waals surface area contributed by atoms with Crippen molar-refractivity contribution in [1.29, 1.82) is 0 Å². The van der Waals surface area contributed by atoms with Gasteiger partial charge in [0.2, 0.25) is 11.7 Å². The molecule has 182 valence electrons. The van der Waals surface area contributed by atoms with Crippen LogP contribution in [0.5, 0.6) is 11.5 Å². The molecular weight excluding hydrogens is 506 g/mol. The summed E-state index contributed by atoms with van der Waals surface area (Å²) in [5.41, 5.74) is 0.671. The van der Waals surface area contributed by atoms with E-state index in [-0.39, 0.29) is 48.2 Å². The summed E-state index contributed by atoms with van der Waals surface area (Å²) in [7, 11) is 1.32. The van der Waals surface area contributed by atoms with Crippen molar-refractivity contribution in [1.82, 2.24) is 10.2 Å². The summed E-state index contributed by atoms with van der Waals surface area (Å²) in [4.78, 5) is 38.1. The second-order valence-electron chi connectivity index (χ2n) is 8.19. The third kappa shape index (κ3) is 6.69. The van der Waals surface area contributed by atoms with Gasteiger partial charge in [-0.2, -0.15) is 0 Å². The Balaban J connectivity index is 1.73. The van der Waals surface area contributed by atoms with Gasteiger partial charge in [-0.1, -0.05) is 40.9 Å². The first-order chi connectivity index (χ1) is 16.3. The number of hydrogen-bond acceptors (Lipinski definition) is 6. The lowest BCUT2D eigenvalue weighted by Crippen LogP contribution is -2.50. The molecule has 0 saturated heterocycles. The Bertz CT molecular complexity index is 1020. The minimum atomic E-state index is -0.702. The van der Waals surface area contributed by atoms with E-state index in [4.69, 9.17) is 9.47 Å². The summed E-state index contributed by atoms with van der Waals surface area (Å²) in [6.07, 6.45) is 4.08. The molecule has 34 heavy (non-hydrogen) atoms. The summed E-state index contributed by atoms with van der Waals surface area (Å²) < 4.78 is 11.6. The van der Waals surface area contributed by atoms with E-state index in [1.54, 1.807) is 6.92 Å². The zero-order valence-electron chi connectivity index (χ0n) is 19.2. The van der Waals surface area contributed by atoms with E-state index in [1.165, 1.54) is 30.2 Å². The molecule has 2 aromatic rings. The number of nitrogens with one attached hydrogen (secondary N) is 1. The molecular formula is C24H28BrN3O6. The van der Waals surface area contributed by atoms with Crippen LogP contribution in [0, 0.1) is 10.1 Å². The fourth-order valence-electron chi connectivity index (χ4n) is 3.89. The van der Waals surface area contributed by atoms with Crippen LogP contribution in [0.25, 0.3) is 0 Å². The third-order valence-electron chi connectivity index (χ3n) is 5.85. The first kappa shape index (κ1) is 25.5. The monoisotopic (exact) mass is 533 g/mol. The lowest BCUT2D eigenvalue weighted by atomic mass is 10.1. The van der Waals surface area contributed by atoms with Crippen LogP contribution < -0.4 is 14.8 Å². The predicted molar refractivity (Wildman–Crippen MR) is 130 cm³/mol. The highest BCUT2D eigenvalue weighted by Gasteiger charge is 2.29. The van der Waals surface area contributed by atoms with Crippen molar-refractivity contribution in [3.63, 3.8) is 0 Å². The Kier molecular flexibility index (Phi) is 8.86. The molecule has 0 aromatic heterocycles. The highest BCUT2D eigenvalue weighted by atomic mass is 79.9. The van der Waals surface area contributed by atoms with Gasteiger partial charge >= 0.3 is 5.69 Å². The van der Waals surface area contributed by atoms with Gasteiger partial charge in [-0.15, -0.1) is 0 Å². The maximum absolute atomic E-state index is 13.2. The van der Waals surface area contributed by atoms with Gasteiger partial charge in [0.05, 0.1) is 12.0 Å². The molecule has 1 N–H and O–H groups in total. The molecule has 0 radical (unpaired) electrons. The molecule has 1 saturated carbocycles. The molecule has 1 fully saturated rings. The molecule has 0 unspecified atom stereocenters. The molecule has 1 atom stereocenters. The van der Waals surface area contributed by atoms with Gasteiger partial charge in [0, 0.05) is 29.2 Å². The maximum atomic E-state index is 13.2. The van der Waals surface area contributed by atoms with Gasteiger partial charge < -0.3 is 19.7 Å². The van der Waals surface area contributed by atoms with Crippen LogP contribution in [0.4, 0.5) is 5.69 Å². The van der Waals surface area contributed by atoms with Gasteiger partial charge in [0.1, 0.15) is 11.8 Å². The largest absolute Gasteiger partial charge is 0.490 e. The molecule has 10 heteroatoms. The van der Waals surface area contributed by atoms with Gasteiger partial charge in [-0.3, -0.25) is 19.7 Å². The van der Waals surface area contributed by atoms with E-state index in [9.17, 15) is 19.7 Å². The zero-order valence-corrected chi connectivity index (χ0v) is 20.7. The normalized spacial score (nSPS) is 14.3. The van der Waals surface area contributed by atoms with Crippen LogP contribution in [0.1, 0.15) is 38.2 Å². The van der Waals surface area contributed by atoms with Crippen LogP contribution in [0.15, 0.2) is 46.9 Å². The number of carbonyl (C=O) groups excluding carboxylic acids is 2. The van der Waals surface area contributed by atoms with Gasteiger partial charge in [-0.25, -0.2) is 0 Å². The van der Waals surface area contributed by atoms with Gasteiger partial charge in [0.15, 0.2) is 6.61 Å². The number of rotatable bonds is 10. The zero-order chi connectivity index (χ0) is 24.7. The van der Waals surface area contributed by atoms with Crippen molar-refractivity contribution in [2.45, 2.75) is 51.2 Å². The number of nitrogens with zero attached hydrogens (tertiary/aromatic N) is 2. The predicted octanol–water partition coefficient (Wildman–Crippen LogP) is 4.22. The Hall–Kier alpha value is -3.14. The average molecular weight is 534 g/mol. The second-order valence-corrected chi connectivity index (χ2v) is 9.11. The second kappa shape index (κ2) is 11.8. The number of carbonyl (C=O) groups is 2. The van der Waals surface area contributed by atoms with Crippen LogP contribution in [0.2, 0.25) is 0 Å². The van der Waals surface area contributed by atoms with E-state index >= 15 is 0 Å². The lowest BCUT2D eigenvalue weighted by molar-refractivity contribution is -0.385. The Morgan fingerprint density at radius 2 is 1.88 bits per heavy atom. The van der Waals surface area contributed by atoms with E-state index in [0.717, 1.165) is 35.7 Å². The fourth-order valence-corrected chi connectivity index (χ4v) is 4.15. The molecule has 1 aliphatic rings. The fraction of sp³-hybridized carbons (Fsp3) is 0.417. The molecule has 0 aliphatic heterocycles. The van der Waals surface area contributed by atoms with Crippen LogP contribution >= 0.6 is 15.9 Å². The minimum Gasteiger partial charge on any atom is -0.490 e. The first-order valence-corrected chi connectivity index (χ1v) is 11.9. The minimum absolute atomic E-state index is 0.0333. The number of nitro groups is 1. The van der Waals surface area contributed by atoms with Crippen molar-refractivity contribution in [3.8, 4) is 11.5 Å². The van der Waals surface area contributed by atoms with Crippen molar-refractivity contribution >= 4 is 33.4 Å². The molecule has 2 aromatic carbocycles. The molecule has 2 amide bonds. The Morgan fingerprint density at radius 3 is 2.50 bits per heavy atom. The number of nitro benzene ring substituents is 1. The smallest absolute Gasteiger partial charge is 0.311 e. The number of benzene rings is 2. The number of halogens is 1. The van der Waals surface area contributed by atoms with Gasteiger partial charge in [-0.05, 0) is 43.5 Å². The van der Waals surface area contributed by atoms with Gasteiger partial charge in [0.25, 0.3) is 5.91 Å². The van der Waals surface area contributed by atoms with Crippen LogP contribution in [0.3, 0.4) is 0 Å². The quantitative estimate of drug-likeness (QED) is 0.361. The highest BCUT2D eigenvalue weighted by molar-refractivity contribution is 9.10. The lowest BCUT2D eigenvalue weighted by Gasteiger charge is -2.29. The number of ether oxygens (including phenoxy) is 2. The van der Waals surface area contributed by atoms with Crippen molar-refractivity contribution in [2.24, 2.45) is 0 Å². The molecule has 0 spiro atoms. The average Bonchev–Trinajstić information content (AvgIpc) is 3.34. The summed E-state index contributed by atoms with van der Waals surface area (Å²) in [6.45, 7) is 1.60. The Labute approximate surface area is 206 Å². The molecule has 1 aliphatic carbocycles. The van der Waals surface area contributed by atoms with E-state index in [2.05, 4.69) is 21.2 Å². The first-order valence-electron chi connectivity index (χ1n) is 11.1. The topological polar surface area (TPSA) is 111 Å². The Morgan fingerprint density at radius 1 is 1.21 bits per heavy atom. The van der Waals surface area contributed by atoms with Crippen molar-refractivity contribution < 1.29 is 24.0 Å². The SMILES string of the molecule is COc1cc(OCC(=O)N(Cc2ccc(Br)cc2)[C@H](C)C(=O)NC2CCCC2)ccc1[N+](=O)[O-]. The molecule has 0 heterocycles. The van der Waals surface area contributed by atoms with Crippen LogP contribution in [-0.2, 0) is 16.1 Å².